The van der Waals surface area contributed by atoms with E-state index in [4.69, 9.17) is 28.9 Å². The zero-order chi connectivity index (χ0) is 26.0. The van der Waals surface area contributed by atoms with Crippen molar-refractivity contribution < 1.29 is 24.1 Å². The number of methoxy groups -OCH3 is 1. The number of anilines is 2. The minimum atomic E-state index is -0.582. The maximum atomic E-state index is 10.0. The summed E-state index contributed by atoms with van der Waals surface area (Å²) >= 11 is 0. The summed E-state index contributed by atoms with van der Waals surface area (Å²) in [5, 5.41) is 16.6. The van der Waals surface area contributed by atoms with Crippen molar-refractivity contribution in [2.45, 2.75) is 44.4 Å². The summed E-state index contributed by atoms with van der Waals surface area (Å²) in [6.07, 6.45) is 2.51. The van der Waals surface area contributed by atoms with E-state index >= 15 is 0 Å². The number of nitrogens with zero attached hydrogens (tertiary/aromatic N) is 3. The van der Waals surface area contributed by atoms with Crippen molar-refractivity contribution in [2.75, 3.05) is 77.0 Å². The van der Waals surface area contributed by atoms with E-state index in [1.807, 2.05) is 24.3 Å². The molecule has 3 heterocycles. The number of piperidine rings is 1. The van der Waals surface area contributed by atoms with Crippen molar-refractivity contribution in [3.05, 3.63) is 29.8 Å². The molecule has 2 atom stereocenters. The summed E-state index contributed by atoms with van der Waals surface area (Å²) in [6.45, 7) is 7.18. The standard InChI is InChI=1S/C27H41N5O5/c1-19-25(29-21-9-12-35-17-21)30-26(20-5-4-6-24(15-20)37-18-22(33)16-28-2)31-27(19)32-10-7-23(8-11-32)36-14-13-34-3/h4-6,15,21-23,28,33H,7-14,16-18H2,1-3H3,(H,29,30,31). The first-order chi connectivity index (χ1) is 18.1. The smallest absolute Gasteiger partial charge is 0.164 e. The largest absolute Gasteiger partial charge is 0.491 e. The van der Waals surface area contributed by atoms with Gasteiger partial charge < -0.3 is 39.6 Å². The van der Waals surface area contributed by atoms with Crippen molar-refractivity contribution in [1.82, 2.24) is 15.3 Å². The third-order valence-electron chi connectivity index (χ3n) is 6.75. The minimum absolute atomic E-state index is 0.209. The fourth-order valence-corrected chi connectivity index (χ4v) is 4.67. The molecule has 2 fully saturated rings. The number of aliphatic hydroxyl groups excluding tert-OH is 1. The summed E-state index contributed by atoms with van der Waals surface area (Å²) < 4.78 is 22.5. The highest BCUT2D eigenvalue weighted by molar-refractivity contribution is 5.67. The Balaban J connectivity index is 1.55. The molecule has 2 aromatic rings. The van der Waals surface area contributed by atoms with Gasteiger partial charge in [0, 0.05) is 44.5 Å². The van der Waals surface area contributed by atoms with Crippen LogP contribution in [0.2, 0.25) is 0 Å². The van der Waals surface area contributed by atoms with Crippen molar-refractivity contribution in [2.24, 2.45) is 0 Å². The van der Waals surface area contributed by atoms with Crippen LogP contribution in [0.25, 0.3) is 11.4 Å². The first-order valence-corrected chi connectivity index (χ1v) is 13.2. The van der Waals surface area contributed by atoms with E-state index in [9.17, 15) is 5.11 Å². The number of ether oxygens (including phenoxy) is 4. The molecule has 204 valence electrons. The van der Waals surface area contributed by atoms with Crippen LogP contribution in [0.1, 0.15) is 24.8 Å². The van der Waals surface area contributed by atoms with E-state index in [-0.39, 0.29) is 18.8 Å². The van der Waals surface area contributed by atoms with Crippen LogP contribution in [0.5, 0.6) is 5.75 Å². The maximum Gasteiger partial charge on any atom is 0.164 e. The van der Waals surface area contributed by atoms with Crippen LogP contribution in [0.15, 0.2) is 24.3 Å². The molecule has 0 aliphatic carbocycles. The topological polar surface area (TPSA) is 110 Å². The number of aliphatic hydroxyl groups is 1. The van der Waals surface area contributed by atoms with Gasteiger partial charge in [0.25, 0.3) is 0 Å². The van der Waals surface area contributed by atoms with Gasteiger partial charge in [-0.05, 0) is 45.4 Å². The van der Waals surface area contributed by atoms with Gasteiger partial charge >= 0.3 is 0 Å². The average Bonchev–Trinajstić information content (AvgIpc) is 3.43. The molecular formula is C27H41N5O5. The Bertz CT molecular complexity index is 980. The Hall–Kier alpha value is -2.50. The highest BCUT2D eigenvalue weighted by atomic mass is 16.5. The summed E-state index contributed by atoms with van der Waals surface area (Å²) in [7, 11) is 3.50. The summed E-state index contributed by atoms with van der Waals surface area (Å²) in [5.41, 5.74) is 1.90. The molecule has 0 spiro atoms. The molecule has 4 rings (SSSR count). The molecule has 0 amide bonds. The Kier molecular flexibility index (Phi) is 10.3. The van der Waals surface area contributed by atoms with Gasteiger partial charge in [0.2, 0.25) is 0 Å². The molecule has 0 radical (unpaired) electrons. The average molecular weight is 516 g/mol. The molecule has 3 N–H and O–H groups in total. The van der Waals surface area contributed by atoms with Crippen molar-refractivity contribution >= 4 is 11.6 Å². The van der Waals surface area contributed by atoms with Crippen LogP contribution in [0.3, 0.4) is 0 Å². The lowest BCUT2D eigenvalue weighted by molar-refractivity contribution is 0.00604. The fraction of sp³-hybridized carbons (Fsp3) is 0.630. The molecular weight excluding hydrogens is 474 g/mol. The monoisotopic (exact) mass is 515 g/mol. The Labute approximate surface area is 219 Å². The number of rotatable bonds is 13. The first-order valence-electron chi connectivity index (χ1n) is 13.2. The molecule has 2 unspecified atom stereocenters. The van der Waals surface area contributed by atoms with E-state index in [1.54, 1.807) is 14.2 Å². The second-order valence-electron chi connectivity index (χ2n) is 9.65. The van der Waals surface area contributed by atoms with Crippen LogP contribution in [0.4, 0.5) is 11.6 Å². The van der Waals surface area contributed by atoms with Crippen molar-refractivity contribution in [3.63, 3.8) is 0 Å². The van der Waals surface area contributed by atoms with Gasteiger partial charge in [-0.15, -0.1) is 0 Å². The number of likely N-dealkylation sites (N-methyl/N-ethyl adjacent to an activating group) is 1. The van der Waals surface area contributed by atoms with Crippen LogP contribution < -0.4 is 20.3 Å². The predicted octanol–water partition coefficient (Wildman–Crippen LogP) is 2.24. The molecule has 10 nitrogen and oxygen atoms in total. The summed E-state index contributed by atoms with van der Waals surface area (Å²) in [5.74, 6) is 3.09. The molecule has 0 bridgehead atoms. The lowest BCUT2D eigenvalue weighted by Crippen LogP contribution is -2.38. The molecule has 2 saturated heterocycles. The van der Waals surface area contributed by atoms with E-state index in [1.165, 1.54) is 0 Å². The van der Waals surface area contributed by atoms with Crippen LogP contribution >= 0.6 is 0 Å². The first kappa shape index (κ1) is 27.5. The van der Waals surface area contributed by atoms with Crippen LogP contribution in [-0.2, 0) is 14.2 Å². The van der Waals surface area contributed by atoms with Crippen molar-refractivity contribution in [1.29, 1.82) is 0 Å². The third-order valence-corrected chi connectivity index (χ3v) is 6.75. The molecule has 37 heavy (non-hydrogen) atoms. The number of hydrogen-bond acceptors (Lipinski definition) is 10. The lowest BCUT2D eigenvalue weighted by Gasteiger charge is -2.34. The number of nitrogens with one attached hydrogen (secondary N) is 2. The molecule has 0 saturated carbocycles. The van der Waals surface area contributed by atoms with E-state index in [2.05, 4.69) is 22.5 Å². The van der Waals surface area contributed by atoms with Gasteiger partial charge in [0.1, 0.15) is 30.1 Å². The highest BCUT2D eigenvalue weighted by Gasteiger charge is 2.25. The molecule has 1 aromatic carbocycles. The molecule has 10 heteroatoms. The summed E-state index contributed by atoms with van der Waals surface area (Å²) in [4.78, 5) is 12.3. The van der Waals surface area contributed by atoms with Gasteiger partial charge in [0.15, 0.2) is 5.82 Å². The second kappa shape index (κ2) is 13.9. The number of benzene rings is 1. The summed E-state index contributed by atoms with van der Waals surface area (Å²) in [6, 6.07) is 7.97. The van der Waals surface area contributed by atoms with Gasteiger partial charge in [-0.2, -0.15) is 0 Å². The van der Waals surface area contributed by atoms with Gasteiger partial charge in [-0.1, -0.05) is 12.1 Å². The Morgan fingerprint density at radius 2 is 2.03 bits per heavy atom. The van der Waals surface area contributed by atoms with Crippen LogP contribution in [-0.4, -0.2) is 100 Å². The van der Waals surface area contributed by atoms with E-state index < -0.39 is 6.10 Å². The van der Waals surface area contributed by atoms with Gasteiger partial charge in [-0.25, -0.2) is 9.97 Å². The molecule has 2 aliphatic heterocycles. The molecule has 1 aromatic heterocycles. The van der Waals surface area contributed by atoms with E-state index in [0.29, 0.717) is 37.9 Å². The highest BCUT2D eigenvalue weighted by Crippen LogP contribution is 2.32. The zero-order valence-corrected chi connectivity index (χ0v) is 22.2. The fourth-order valence-electron chi connectivity index (χ4n) is 4.67. The lowest BCUT2D eigenvalue weighted by atomic mass is 10.1. The number of hydrogen-bond donors (Lipinski definition) is 3. The van der Waals surface area contributed by atoms with Gasteiger partial charge in [0.05, 0.1) is 32.0 Å². The SMILES string of the molecule is CNCC(O)COc1cccc(-c2nc(NC3CCOC3)c(C)c(N3CCC(OCCOC)CC3)n2)c1. The zero-order valence-electron chi connectivity index (χ0n) is 22.2. The quantitative estimate of drug-likeness (QED) is 0.344. The Morgan fingerprint density at radius 3 is 2.76 bits per heavy atom. The molecule has 2 aliphatic rings. The van der Waals surface area contributed by atoms with Gasteiger partial charge in [-0.3, -0.25) is 0 Å². The Morgan fingerprint density at radius 1 is 1.19 bits per heavy atom. The predicted molar refractivity (Wildman–Crippen MR) is 144 cm³/mol. The number of aromatic nitrogens is 2. The third kappa shape index (κ3) is 7.75. The van der Waals surface area contributed by atoms with E-state index in [0.717, 1.165) is 61.7 Å². The van der Waals surface area contributed by atoms with Crippen molar-refractivity contribution in [3.8, 4) is 17.1 Å². The maximum absolute atomic E-state index is 10.0. The minimum Gasteiger partial charge on any atom is -0.491 e. The normalized spacial score (nSPS) is 19.2. The second-order valence-corrected chi connectivity index (χ2v) is 9.65. The van der Waals surface area contributed by atoms with Crippen LogP contribution in [0, 0.1) is 6.92 Å².